The Bertz CT molecular complexity index is 662. The zero-order chi connectivity index (χ0) is 21.4. The highest BCUT2D eigenvalue weighted by atomic mass is 16.6. The lowest BCUT2D eigenvalue weighted by Gasteiger charge is -2.36. The fraction of sp³-hybridized carbons (Fsp3) is 0.636. The molecule has 162 valence electrons. The summed E-state index contributed by atoms with van der Waals surface area (Å²) >= 11 is 0. The van der Waals surface area contributed by atoms with Gasteiger partial charge in [0.05, 0.1) is 19.6 Å². The second-order valence-corrected chi connectivity index (χ2v) is 8.76. The van der Waals surface area contributed by atoms with Crippen molar-refractivity contribution in [3.05, 3.63) is 29.8 Å². The highest BCUT2D eigenvalue weighted by Crippen LogP contribution is 2.14. The number of hydrogen-bond acceptors (Lipinski definition) is 5. The molecule has 29 heavy (non-hydrogen) atoms. The predicted molar refractivity (Wildman–Crippen MR) is 114 cm³/mol. The van der Waals surface area contributed by atoms with E-state index in [4.69, 9.17) is 9.47 Å². The molecule has 1 aromatic carbocycles. The Balaban J connectivity index is 1.81. The lowest BCUT2D eigenvalue weighted by atomic mass is 10.0. The van der Waals surface area contributed by atoms with Gasteiger partial charge in [-0.1, -0.05) is 26.0 Å². The number of nitrogens with zero attached hydrogens (tertiary/aromatic N) is 1. The van der Waals surface area contributed by atoms with E-state index in [1.807, 2.05) is 32.9 Å². The Labute approximate surface area is 174 Å². The molecule has 7 heteroatoms. The number of ether oxygens (including phenoxy) is 2. The van der Waals surface area contributed by atoms with E-state index in [0.717, 1.165) is 31.9 Å². The van der Waals surface area contributed by atoms with Gasteiger partial charge >= 0.3 is 6.09 Å². The smallest absolute Gasteiger partial charge is 0.412 e. The lowest BCUT2D eigenvalue weighted by molar-refractivity contribution is -0.120. The summed E-state index contributed by atoms with van der Waals surface area (Å²) in [5.74, 6) is 0.448. The maximum Gasteiger partial charge on any atom is 0.412 e. The quantitative estimate of drug-likeness (QED) is 0.729. The Morgan fingerprint density at radius 1 is 1.14 bits per heavy atom. The third-order valence-electron chi connectivity index (χ3n) is 4.76. The third-order valence-corrected chi connectivity index (χ3v) is 4.76. The number of benzene rings is 1. The summed E-state index contributed by atoms with van der Waals surface area (Å²) < 4.78 is 10.7. The molecule has 0 saturated carbocycles. The molecule has 2 rings (SSSR count). The molecule has 0 bridgehead atoms. The van der Waals surface area contributed by atoms with Crippen LogP contribution in [0, 0.1) is 5.92 Å². The van der Waals surface area contributed by atoms with E-state index >= 15 is 0 Å². The summed E-state index contributed by atoms with van der Waals surface area (Å²) in [6.45, 7) is 13.8. The van der Waals surface area contributed by atoms with Gasteiger partial charge in [-0.3, -0.25) is 15.0 Å². The van der Waals surface area contributed by atoms with Gasteiger partial charge in [-0.2, -0.15) is 0 Å². The van der Waals surface area contributed by atoms with Crippen molar-refractivity contribution in [1.82, 2.24) is 10.2 Å². The fourth-order valence-corrected chi connectivity index (χ4v) is 3.29. The van der Waals surface area contributed by atoms with Crippen LogP contribution in [-0.4, -0.2) is 61.4 Å². The Kier molecular flexibility index (Phi) is 8.46. The van der Waals surface area contributed by atoms with Gasteiger partial charge in [0.25, 0.3) is 0 Å². The fourth-order valence-electron chi connectivity index (χ4n) is 3.29. The van der Waals surface area contributed by atoms with E-state index in [-0.39, 0.29) is 5.91 Å². The van der Waals surface area contributed by atoms with Crippen LogP contribution >= 0.6 is 0 Å². The van der Waals surface area contributed by atoms with E-state index in [2.05, 4.69) is 29.4 Å². The largest absolute Gasteiger partial charge is 0.444 e. The summed E-state index contributed by atoms with van der Waals surface area (Å²) in [6.07, 6.45) is -0.188. The third kappa shape index (κ3) is 8.41. The average molecular weight is 406 g/mol. The molecule has 1 saturated heterocycles. The Hall–Kier alpha value is -2.12. The Morgan fingerprint density at radius 2 is 1.76 bits per heavy atom. The SMILES string of the molecule is CC(C)[C@H](CNC(=O)Cc1ccc(NC(=O)OC(C)(C)C)cc1)N1CCOCC1. The number of rotatable bonds is 7. The van der Waals surface area contributed by atoms with Crippen molar-refractivity contribution in [2.45, 2.75) is 52.7 Å². The number of hydrogen-bond donors (Lipinski definition) is 2. The molecule has 0 aromatic heterocycles. The van der Waals surface area contributed by atoms with Crippen LogP contribution < -0.4 is 10.6 Å². The first-order chi connectivity index (χ1) is 13.6. The minimum atomic E-state index is -0.544. The van der Waals surface area contributed by atoms with Gasteiger partial charge in [0.1, 0.15) is 5.60 Å². The summed E-state index contributed by atoms with van der Waals surface area (Å²) in [5.41, 5.74) is 0.984. The van der Waals surface area contributed by atoms with Crippen molar-refractivity contribution >= 4 is 17.7 Å². The first kappa shape index (κ1) is 23.2. The molecule has 1 atom stereocenters. The molecule has 2 N–H and O–H groups in total. The molecule has 0 radical (unpaired) electrons. The number of morpholine rings is 1. The van der Waals surface area contributed by atoms with Gasteiger partial charge in [-0.15, -0.1) is 0 Å². The zero-order valence-electron chi connectivity index (χ0n) is 18.3. The van der Waals surface area contributed by atoms with E-state index < -0.39 is 11.7 Å². The average Bonchev–Trinajstić information content (AvgIpc) is 2.62. The number of carbonyl (C=O) groups is 2. The van der Waals surface area contributed by atoms with E-state index in [1.165, 1.54) is 0 Å². The zero-order valence-corrected chi connectivity index (χ0v) is 18.3. The first-order valence-electron chi connectivity index (χ1n) is 10.3. The molecule has 1 fully saturated rings. The van der Waals surface area contributed by atoms with Crippen LogP contribution in [0.1, 0.15) is 40.2 Å². The van der Waals surface area contributed by atoms with Crippen LogP contribution in [0.25, 0.3) is 0 Å². The van der Waals surface area contributed by atoms with Crippen LogP contribution in [0.3, 0.4) is 0 Å². The molecule has 0 spiro atoms. The van der Waals surface area contributed by atoms with Crippen molar-refractivity contribution < 1.29 is 19.1 Å². The van der Waals surface area contributed by atoms with Gasteiger partial charge < -0.3 is 14.8 Å². The van der Waals surface area contributed by atoms with Gasteiger partial charge in [0.2, 0.25) is 5.91 Å². The summed E-state index contributed by atoms with van der Waals surface area (Å²) in [7, 11) is 0. The second kappa shape index (κ2) is 10.6. The van der Waals surface area contributed by atoms with E-state index in [1.54, 1.807) is 12.1 Å². The predicted octanol–water partition coefficient (Wildman–Crippen LogP) is 3.05. The van der Waals surface area contributed by atoms with Crippen molar-refractivity contribution in [2.75, 3.05) is 38.2 Å². The molecule has 1 aromatic rings. The van der Waals surface area contributed by atoms with Crippen molar-refractivity contribution in [3.63, 3.8) is 0 Å². The molecule has 1 aliphatic rings. The van der Waals surface area contributed by atoms with Crippen LogP contribution in [0.4, 0.5) is 10.5 Å². The molecule has 2 amide bonds. The second-order valence-electron chi connectivity index (χ2n) is 8.76. The van der Waals surface area contributed by atoms with Gasteiger partial charge in [0, 0.05) is 31.4 Å². The van der Waals surface area contributed by atoms with Crippen molar-refractivity contribution in [2.24, 2.45) is 5.92 Å². The highest BCUT2D eigenvalue weighted by molar-refractivity contribution is 5.85. The number of carbonyl (C=O) groups excluding carboxylic acids is 2. The number of nitrogens with one attached hydrogen (secondary N) is 2. The van der Waals surface area contributed by atoms with E-state index in [9.17, 15) is 9.59 Å². The summed E-state index contributed by atoms with van der Waals surface area (Å²) in [5, 5.41) is 5.76. The van der Waals surface area contributed by atoms with Gasteiger partial charge in [0.15, 0.2) is 0 Å². The highest BCUT2D eigenvalue weighted by Gasteiger charge is 2.24. The first-order valence-corrected chi connectivity index (χ1v) is 10.3. The van der Waals surface area contributed by atoms with Gasteiger partial charge in [-0.05, 0) is 44.4 Å². The van der Waals surface area contributed by atoms with Crippen LogP contribution in [0.5, 0.6) is 0 Å². The molecule has 7 nitrogen and oxygen atoms in total. The molecular weight excluding hydrogens is 370 g/mol. The number of anilines is 1. The molecule has 0 aliphatic carbocycles. The minimum Gasteiger partial charge on any atom is -0.444 e. The van der Waals surface area contributed by atoms with Gasteiger partial charge in [-0.25, -0.2) is 4.79 Å². The molecule has 1 heterocycles. The molecule has 0 unspecified atom stereocenters. The van der Waals surface area contributed by atoms with Crippen LogP contribution in [-0.2, 0) is 20.7 Å². The van der Waals surface area contributed by atoms with Crippen LogP contribution in [0.15, 0.2) is 24.3 Å². The standard InChI is InChI=1S/C22H35N3O4/c1-16(2)19(25-10-12-28-13-11-25)15-23-20(26)14-17-6-8-18(9-7-17)24-21(27)29-22(3,4)5/h6-9,16,19H,10-15H2,1-5H3,(H,23,26)(H,24,27)/t19-/m0/s1. The van der Waals surface area contributed by atoms with Crippen molar-refractivity contribution in [3.8, 4) is 0 Å². The van der Waals surface area contributed by atoms with Crippen molar-refractivity contribution in [1.29, 1.82) is 0 Å². The topological polar surface area (TPSA) is 79.9 Å². The van der Waals surface area contributed by atoms with Crippen LogP contribution in [0.2, 0.25) is 0 Å². The number of amides is 2. The maximum absolute atomic E-state index is 12.4. The van der Waals surface area contributed by atoms with E-state index in [0.29, 0.717) is 30.6 Å². The Morgan fingerprint density at radius 3 is 2.31 bits per heavy atom. The normalized spacial score (nSPS) is 16.3. The monoisotopic (exact) mass is 405 g/mol. The molecular formula is C22H35N3O4. The lowest BCUT2D eigenvalue weighted by Crippen LogP contribution is -2.51. The molecule has 1 aliphatic heterocycles. The summed E-state index contributed by atoms with van der Waals surface area (Å²) in [6, 6.07) is 7.54. The summed E-state index contributed by atoms with van der Waals surface area (Å²) in [4.78, 5) is 26.6. The maximum atomic E-state index is 12.4. The minimum absolute atomic E-state index is 0.00300.